The molecule has 0 aliphatic carbocycles. The van der Waals surface area contributed by atoms with E-state index in [0.29, 0.717) is 48.7 Å². The number of aliphatic hydroxyl groups is 1. The highest BCUT2D eigenvalue weighted by Gasteiger charge is 2.21. The van der Waals surface area contributed by atoms with Gasteiger partial charge in [-0.1, -0.05) is 12.1 Å². The van der Waals surface area contributed by atoms with Gasteiger partial charge in [0, 0.05) is 18.9 Å². The van der Waals surface area contributed by atoms with Crippen LogP contribution in [0.25, 0.3) is 0 Å². The van der Waals surface area contributed by atoms with E-state index >= 15 is 0 Å². The fraction of sp³-hybridized carbons (Fsp3) is 0.250. The van der Waals surface area contributed by atoms with Gasteiger partial charge in [0.15, 0.2) is 17.3 Å². The molecule has 0 unspecified atom stereocenters. The summed E-state index contributed by atoms with van der Waals surface area (Å²) >= 11 is 0. The highest BCUT2D eigenvalue weighted by molar-refractivity contribution is 5.90. The quantitative estimate of drug-likeness (QED) is 0.783. The Labute approximate surface area is 145 Å². The summed E-state index contributed by atoms with van der Waals surface area (Å²) in [4.78, 5) is 12.0. The molecule has 1 N–H and O–H groups in total. The minimum atomic E-state index is -0.0703. The second-order valence-electron chi connectivity index (χ2n) is 6.18. The lowest BCUT2D eigenvalue weighted by molar-refractivity contribution is -0.114. The van der Waals surface area contributed by atoms with Crippen LogP contribution in [-0.2, 0) is 17.6 Å². The van der Waals surface area contributed by atoms with Crippen LogP contribution in [0.4, 0.5) is 0 Å². The average Bonchev–Trinajstić information content (AvgIpc) is 3.07. The van der Waals surface area contributed by atoms with Crippen molar-refractivity contribution in [1.82, 2.24) is 0 Å². The van der Waals surface area contributed by atoms with Crippen LogP contribution in [0.1, 0.15) is 24.0 Å². The predicted octanol–water partition coefficient (Wildman–Crippen LogP) is 4.10. The number of aryl methyl sites for hydroxylation is 2. The van der Waals surface area contributed by atoms with Crippen LogP contribution in [0.15, 0.2) is 48.2 Å². The van der Waals surface area contributed by atoms with Gasteiger partial charge in [0.25, 0.3) is 0 Å². The third kappa shape index (κ3) is 3.45. The first-order chi connectivity index (χ1) is 12.2. The summed E-state index contributed by atoms with van der Waals surface area (Å²) in [5.74, 6) is 2.53. The van der Waals surface area contributed by atoms with E-state index in [2.05, 4.69) is 0 Å². The topological polar surface area (TPSA) is 65.0 Å². The summed E-state index contributed by atoms with van der Waals surface area (Å²) in [6.45, 7) is 0.160. The molecule has 0 saturated heterocycles. The van der Waals surface area contributed by atoms with Crippen LogP contribution >= 0.6 is 0 Å². The number of carbonyl (C=O) groups excluding carboxylic acids is 1. The maximum Gasteiger partial charge on any atom is 0.231 e. The maximum absolute atomic E-state index is 12.0. The smallest absolute Gasteiger partial charge is 0.231 e. The number of fused-ring (bicyclic) bond motifs is 8. The Hall–Kier alpha value is -2.95. The molecule has 0 radical (unpaired) electrons. The molecule has 3 heterocycles. The van der Waals surface area contributed by atoms with Gasteiger partial charge in [-0.05, 0) is 48.2 Å². The standard InChI is InChI=1S/C20H18O5/c21-15-5-1-13-3-7-17(8-4-13)25-19-10-14(2-6-16(22)11-15)9-18-20(19)24-12-23-18/h3-4,7-11,22H,1-2,5-6,12H2/b16-11-. The van der Waals surface area contributed by atoms with Crippen LogP contribution in [-0.4, -0.2) is 17.7 Å². The zero-order valence-corrected chi connectivity index (χ0v) is 13.7. The van der Waals surface area contributed by atoms with Gasteiger partial charge in [-0.3, -0.25) is 4.79 Å². The number of ether oxygens (including phenoxy) is 3. The third-order valence-electron chi connectivity index (χ3n) is 4.31. The normalized spacial score (nSPS) is 18.7. The lowest BCUT2D eigenvalue weighted by Crippen LogP contribution is -1.99. The molecular formula is C20H18O5. The van der Waals surface area contributed by atoms with Gasteiger partial charge in [-0.25, -0.2) is 0 Å². The Balaban J connectivity index is 1.74. The van der Waals surface area contributed by atoms with Crippen LogP contribution in [0.5, 0.6) is 23.0 Å². The third-order valence-corrected chi connectivity index (χ3v) is 4.31. The molecule has 128 valence electrons. The number of allylic oxidation sites excluding steroid dienone is 2. The van der Waals surface area contributed by atoms with Gasteiger partial charge in [-0.15, -0.1) is 0 Å². The predicted molar refractivity (Wildman–Crippen MR) is 91.4 cm³/mol. The fourth-order valence-electron chi connectivity index (χ4n) is 2.97. The molecule has 3 aliphatic heterocycles. The average molecular weight is 338 g/mol. The minimum absolute atomic E-state index is 0.0703. The Kier molecular flexibility index (Phi) is 4.06. The van der Waals surface area contributed by atoms with E-state index in [-0.39, 0.29) is 18.3 Å². The molecule has 5 nitrogen and oxygen atoms in total. The van der Waals surface area contributed by atoms with E-state index in [4.69, 9.17) is 14.2 Å². The van der Waals surface area contributed by atoms with Crippen LogP contribution in [0, 0.1) is 0 Å². The summed E-state index contributed by atoms with van der Waals surface area (Å²) in [5, 5.41) is 10.0. The monoisotopic (exact) mass is 338 g/mol. The number of aliphatic hydroxyl groups excluding tert-OH is 1. The molecule has 5 rings (SSSR count). The lowest BCUT2D eigenvalue weighted by atomic mass is 10.1. The van der Waals surface area contributed by atoms with Crippen molar-refractivity contribution in [2.75, 3.05) is 6.79 Å². The molecule has 3 aliphatic rings. The van der Waals surface area contributed by atoms with Crippen LogP contribution < -0.4 is 14.2 Å². The summed E-state index contributed by atoms with van der Waals surface area (Å²) in [7, 11) is 0. The number of rotatable bonds is 0. The van der Waals surface area contributed by atoms with Crippen molar-refractivity contribution >= 4 is 5.78 Å². The number of hydrogen-bond donors (Lipinski definition) is 1. The lowest BCUT2D eigenvalue weighted by Gasteiger charge is -2.11. The zero-order valence-electron chi connectivity index (χ0n) is 13.7. The second kappa shape index (κ2) is 6.51. The van der Waals surface area contributed by atoms with Gasteiger partial charge in [0.05, 0.1) is 5.76 Å². The van der Waals surface area contributed by atoms with Crippen molar-refractivity contribution in [3.8, 4) is 23.0 Å². The second-order valence-corrected chi connectivity index (χ2v) is 6.18. The van der Waals surface area contributed by atoms with Crippen molar-refractivity contribution in [2.24, 2.45) is 0 Å². The van der Waals surface area contributed by atoms with Crippen molar-refractivity contribution in [3.05, 3.63) is 59.4 Å². The Morgan fingerprint density at radius 1 is 0.840 bits per heavy atom. The van der Waals surface area contributed by atoms with Crippen molar-refractivity contribution in [2.45, 2.75) is 25.7 Å². The maximum atomic E-state index is 12.0. The Morgan fingerprint density at radius 2 is 1.60 bits per heavy atom. The number of hydrogen-bond acceptors (Lipinski definition) is 5. The molecule has 25 heavy (non-hydrogen) atoms. The number of carbonyl (C=O) groups is 1. The van der Waals surface area contributed by atoms with E-state index in [9.17, 15) is 9.90 Å². The molecule has 2 aromatic rings. The first kappa shape index (κ1) is 15.6. The summed E-state index contributed by atoms with van der Waals surface area (Å²) in [6.07, 6.45) is 3.28. The molecule has 0 amide bonds. The number of ketones is 1. The Morgan fingerprint density at radius 3 is 2.44 bits per heavy atom. The van der Waals surface area contributed by atoms with Crippen LogP contribution in [0.3, 0.4) is 0 Å². The fourth-order valence-corrected chi connectivity index (χ4v) is 2.97. The number of benzene rings is 2. The molecule has 0 atom stereocenters. The first-order valence-electron chi connectivity index (χ1n) is 8.29. The largest absolute Gasteiger partial charge is 0.512 e. The molecule has 0 saturated carbocycles. The van der Waals surface area contributed by atoms with Gasteiger partial charge in [0.1, 0.15) is 5.75 Å². The highest BCUT2D eigenvalue weighted by atomic mass is 16.7. The summed E-state index contributed by atoms with van der Waals surface area (Å²) in [5.41, 5.74) is 1.99. The molecule has 0 aromatic heterocycles. The highest BCUT2D eigenvalue weighted by Crippen LogP contribution is 2.44. The zero-order chi connectivity index (χ0) is 17.2. The van der Waals surface area contributed by atoms with E-state index in [0.717, 1.165) is 11.1 Å². The van der Waals surface area contributed by atoms with Gasteiger partial charge in [0.2, 0.25) is 12.5 Å². The molecule has 0 spiro atoms. The van der Waals surface area contributed by atoms with E-state index in [1.54, 1.807) is 0 Å². The van der Waals surface area contributed by atoms with Crippen LogP contribution in [0.2, 0.25) is 0 Å². The Bertz CT molecular complexity index is 836. The molecule has 0 fully saturated rings. The SMILES string of the molecule is O=C1/C=C(\O)CCc2cc3c(c(c2)Oc2ccc(cc2)CC1)OCO3. The van der Waals surface area contributed by atoms with Gasteiger partial charge >= 0.3 is 0 Å². The molecular weight excluding hydrogens is 320 g/mol. The molecule has 2 aromatic carbocycles. The minimum Gasteiger partial charge on any atom is -0.512 e. The van der Waals surface area contributed by atoms with E-state index in [1.165, 1.54) is 6.08 Å². The molecule has 4 bridgehead atoms. The summed E-state index contributed by atoms with van der Waals surface area (Å²) in [6, 6.07) is 11.4. The molecule has 5 heteroatoms. The summed E-state index contributed by atoms with van der Waals surface area (Å²) < 4.78 is 17.0. The van der Waals surface area contributed by atoms with Crippen molar-refractivity contribution < 1.29 is 24.1 Å². The van der Waals surface area contributed by atoms with Crippen molar-refractivity contribution in [3.63, 3.8) is 0 Å². The first-order valence-corrected chi connectivity index (χ1v) is 8.29. The van der Waals surface area contributed by atoms with E-state index in [1.807, 2.05) is 36.4 Å². The van der Waals surface area contributed by atoms with E-state index < -0.39 is 0 Å². The van der Waals surface area contributed by atoms with Gasteiger partial charge < -0.3 is 19.3 Å². The van der Waals surface area contributed by atoms with Crippen molar-refractivity contribution in [1.29, 1.82) is 0 Å². The van der Waals surface area contributed by atoms with Gasteiger partial charge in [-0.2, -0.15) is 0 Å².